The van der Waals surface area contributed by atoms with Gasteiger partial charge in [-0.1, -0.05) is 62.1 Å². The van der Waals surface area contributed by atoms with Crippen LogP contribution in [0.2, 0.25) is 17.3 Å². The van der Waals surface area contributed by atoms with Crippen molar-refractivity contribution in [2.24, 2.45) is 5.41 Å². The summed E-state index contributed by atoms with van der Waals surface area (Å²) in [6, 6.07) is 40.5. The fraction of sp³-hybridized carbons (Fsp3) is 0.190. The van der Waals surface area contributed by atoms with E-state index in [2.05, 4.69) is 109 Å². The predicted octanol–water partition coefficient (Wildman–Crippen LogP) is 11.4. The van der Waals surface area contributed by atoms with E-state index in [1.807, 2.05) is 54.9 Å². The summed E-state index contributed by atoms with van der Waals surface area (Å²) in [6.07, 6.45) is 4.95. The van der Waals surface area contributed by atoms with Gasteiger partial charge in [-0.2, -0.15) is 11.3 Å². The van der Waals surface area contributed by atoms with Gasteiger partial charge in [-0.15, -0.1) is 23.8 Å². The summed E-state index contributed by atoms with van der Waals surface area (Å²) in [5.74, 6) is 6.93. The van der Waals surface area contributed by atoms with E-state index in [1.165, 1.54) is 42.3 Å². The number of thiophene rings is 1. The molecule has 0 aliphatic rings. The molecule has 0 bridgehead atoms. The molecule has 1 radical (unpaired) electrons. The van der Waals surface area contributed by atoms with Gasteiger partial charge in [-0.25, -0.2) is 4.39 Å². The number of pyridine rings is 2. The minimum Gasteiger partial charge on any atom is 0 e. The van der Waals surface area contributed by atoms with Gasteiger partial charge in [0.05, 0.1) is 0 Å². The Morgan fingerprint density at radius 3 is 2.19 bits per heavy atom. The maximum Gasteiger partial charge on any atom is 0 e. The number of rotatable bonds is 5. The number of aromatic nitrogens is 2. The Morgan fingerprint density at radius 1 is 0.750 bits per heavy atom. The van der Waals surface area contributed by atoms with Crippen LogP contribution in [0, 0.1) is 23.4 Å². The van der Waals surface area contributed by atoms with Crippen LogP contribution in [0.25, 0.3) is 53.8 Å². The number of hydrogen-bond donors (Lipinski definition) is 0. The van der Waals surface area contributed by atoms with Crippen LogP contribution in [0.4, 0.5) is 4.39 Å². The first kappa shape index (κ1) is 35.8. The number of benzene rings is 4. The van der Waals surface area contributed by atoms with Crippen LogP contribution >= 0.6 is 11.3 Å². The number of halogens is 1. The van der Waals surface area contributed by atoms with Gasteiger partial charge in [0.2, 0.25) is 0 Å². The molecule has 6 heteroatoms. The average molecular weight is 888 g/mol. The van der Waals surface area contributed by atoms with Gasteiger partial charge < -0.3 is 4.98 Å². The van der Waals surface area contributed by atoms with Crippen molar-refractivity contribution < 1.29 is 24.5 Å². The minimum absolute atomic E-state index is 0. The largest absolute Gasteiger partial charge is 0 e. The second-order valence-electron chi connectivity index (χ2n) is 14.2. The Kier molecular flexibility index (Phi) is 11.2. The van der Waals surface area contributed by atoms with E-state index in [0.29, 0.717) is 0 Å². The molecule has 0 N–H and O–H groups in total. The molecule has 2 nitrogen and oxygen atoms in total. The third-order valence-corrected chi connectivity index (χ3v) is 13.5. The van der Waals surface area contributed by atoms with Gasteiger partial charge in [0.15, 0.2) is 0 Å². The SMILES string of the molecule is CC(C)(C)Cc1ccnc(-c2[c-]ccc3c2sc2cc(-c4ccc(F)cc4)ccc23)c1.[CH3][Ge]([CH3])([CH3])[c]1ccc(-c2[c-]cccc2)nc1.[Ir]. The quantitative estimate of drug-likeness (QED) is 0.127. The molecule has 4 aromatic carbocycles. The molecule has 245 valence electrons. The zero-order valence-corrected chi connectivity index (χ0v) is 33.5. The molecular weight excluding hydrogens is 848 g/mol. The molecule has 0 spiro atoms. The van der Waals surface area contributed by atoms with E-state index in [-0.39, 0.29) is 31.3 Å². The molecule has 7 aromatic rings. The Morgan fingerprint density at radius 2 is 1.52 bits per heavy atom. The molecule has 0 saturated carbocycles. The second kappa shape index (κ2) is 15.0. The van der Waals surface area contributed by atoms with Gasteiger partial charge in [0, 0.05) is 31.0 Å². The van der Waals surface area contributed by atoms with Crippen LogP contribution in [0.15, 0.2) is 116 Å². The third-order valence-electron chi connectivity index (χ3n) is 8.04. The normalized spacial score (nSPS) is 11.6. The van der Waals surface area contributed by atoms with Crippen LogP contribution < -0.4 is 4.40 Å². The first-order chi connectivity index (χ1) is 22.4. The fourth-order valence-electron chi connectivity index (χ4n) is 5.64. The molecule has 3 aromatic heterocycles. The molecule has 0 aliphatic carbocycles. The van der Waals surface area contributed by atoms with Crippen molar-refractivity contribution in [3.63, 3.8) is 0 Å². The maximum atomic E-state index is 13.3. The average Bonchev–Trinajstić information content (AvgIpc) is 3.43. The summed E-state index contributed by atoms with van der Waals surface area (Å²) in [7, 11) is 0. The predicted molar refractivity (Wildman–Crippen MR) is 201 cm³/mol. The Balaban J connectivity index is 0.000000224. The summed E-state index contributed by atoms with van der Waals surface area (Å²) in [6.45, 7) is 6.76. The molecule has 0 saturated heterocycles. The molecule has 48 heavy (non-hydrogen) atoms. The molecule has 0 unspecified atom stereocenters. The van der Waals surface area contributed by atoms with Crippen LogP contribution in [0.1, 0.15) is 26.3 Å². The maximum absolute atomic E-state index is 13.3. The van der Waals surface area contributed by atoms with Crippen molar-refractivity contribution in [3.8, 4) is 33.6 Å². The summed E-state index contributed by atoms with van der Waals surface area (Å²) < 4.78 is 17.2. The molecule has 0 atom stereocenters. The monoisotopic (exact) mass is 889 g/mol. The smallest absolute Gasteiger partial charge is 0 e. The molecule has 0 fully saturated rings. The van der Waals surface area contributed by atoms with Crippen molar-refractivity contribution in [1.29, 1.82) is 0 Å². The van der Waals surface area contributed by atoms with Crippen molar-refractivity contribution in [3.05, 3.63) is 139 Å². The van der Waals surface area contributed by atoms with Gasteiger partial charge in [-0.05, 0) is 63.0 Å². The van der Waals surface area contributed by atoms with Gasteiger partial charge in [0.25, 0.3) is 0 Å². The van der Waals surface area contributed by atoms with Crippen LogP contribution in [-0.4, -0.2) is 23.2 Å². The van der Waals surface area contributed by atoms with Gasteiger partial charge in [0.1, 0.15) is 5.82 Å². The Labute approximate surface area is 304 Å². The van der Waals surface area contributed by atoms with Gasteiger partial charge in [-0.3, -0.25) is 0 Å². The molecule has 3 heterocycles. The van der Waals surface area contributed by atoms with Crippen molar-refractivity contribution in [2.45, 2.75) is 44.5 Å². The Bertz CT molecular complexity index is 2130. The number of fused-ring (bicyclic) bond motifs is 3. The summed E-state index contributed by atoms with van der Waals surface area (Å²) in [4.78, 5) is 9.20. The molecule has 7 rings (SSSR count). The van der Waals surface area contributed by atoms with Crippen molar-refractivity contribution >= 4 is 49.2 Å². The van der Waals surface area contributed by atoms with E-state index in [1.54, 1.807) is 11.3 Å². The van der Waals surface area contributed by atoms with Crippen LogP contribution in [0.3, 0.4) is 0 Å². The van der Waals surface area contributed by atoms with E-state index in [4.69, 9.17) is 0 Å². The summed E-state index contributed by atoms with van der Waals surface area (Å²) in [5.41, 5.74) is 7.73. The second-order valence-corrected chi connectivity index (χ2v) is 25.9. The first-order valence-electron chi connectivity index (χ1n) is 16.0. The Hall–Kier alpha value is -3.48. The van der Waals surface area contributed by atoms with E-state index in [9.17, 15) is 4.39 Å². The zero-order chi connectivity index (χ0) is 33.2. The summed E-state index contributed by atoms with van der Waals surface area (Å²) in [5, 5.41) is 2.45. The molecule has 0 aliphatic heterocycles. The van der Waals surface area contributed by atoms with Gasteiger partial charge >= 0.3 is 99.8 Å². The fourth-order valence-corrected chi connectivity index (χ4v) is 9.06. The zero-order valence-electron chi connectivity index (χ0n) is 28.2. The third kappa shape index (κ3) is 8.56. The van der Waals surface area contributed by atoms with E-state index in [0.717, 1.165) is 40.1 Å². The standard InChI is InChI=1S/C28H23FNS.C14H16GeN.Ir/c1-28(2,3)17-18-13-14-30-25(15-18)24-6-4-5-23-22-12-9-20(16-26(22)31-27(23)24)19-7-10-21(29)11-8-19;1-15(2,3)13-9-10-14(16-11-13)12-7-5-4-6-8-12;/h4-5,7-16H,17H2,1-3H3;4-7,9-11H,1-3H3;/q2*-1;. The van der Waals surface area contributed by atoms with Crippen molar-refractivity contribution in [2.75, 3.05) is 0 Å². The number of hydrogen-bond acceptors (Lipinski definition) is 3. The van der Waals surface area contributed by atoms with Crippen LogP contribution in [-0.2, 0) is 26.5 Å². The van der Waals surface area contributed by atoms with E-state index >= 15 is 0 Å². The summed E-state index contributed by atoms with van der Waals surface area (Å²) >= 11 is 0.0529. The van der Waals surface area contributed by atoms with E-state index < -0.39 is 13.3 Å². The first-order valence-corrected chi connectivity index (χ1v) is 24.1. The topological polar surface area (TPSA) is 25.8 Å². The molecule has 0 amide bonds. The van der Waals surface area contributed by atoms with Crippen LogP contribution in [0.5, 0.6) is 0 Å². The van der Waals surface area contributed by atoms with Crippen molar-refractivity contribution in [1.82, 2.24) is 9.97 Å². The molecular formula is C42H39FGeIrN2S-2. The minimum atomic E-state index is -1.72. The number of nitrogens with zero attached hydrogens (tertiary/aromatic N) is 2.